The van der Waals surface area contributed by atoms with Gasteiger partial charge in [0.2, 0.25) is 0 Å². The fourth-order valence-electron chi connectivity index (χ4n) is 1.38. The van der Waals surface area contributed by atoms with E-state index in [0.717, 1.165) is 52.4 Å². The van der Waals surface area contributed by atoms with Crippen LogP contribution in [0.15, 0.2) is 0 Å². The Balaban J connectivity index is 2.17. The van der Waals surface area contributed by atoms with Crippen molar-refractivity contribution >= 4 is 29.2 Å². The van der Waals surface area contributed by atoms with E-state index in [-0.39, 0.29) is 0 Å². The Morgan fingerprint density at radius 3 is 2.36 bits per heavy atom. The fourth-order valence-corrected chi connectivity index (χ4v) is 28.4. The van der Waals surface area contributed by atoms with Crippen molar-refractivity contribution in [3.05, 3.63) is 0 Å². The third-order valence-electron chi connectivity index (χ3n) is 2.15. The number of halogens is 3. The molecule has 11 heavy (non-hydrogen) atoms. The molecular weight excluding hydrogens is 477 g/mol. The Bertz CT molecular complexity index is 125. The molecule has 1 aliphatic rings. The summed E-state index contributed by atoms with van der Waals surface area (Å²) in [5.74, 6) is 1.06. The SMILES string of the molecule is CI=I[I-]C1CCC(C)CC1. The molecule has 0 amide bonds. The molecule has 0 spiro atoms. The van der Waals surface area contributed by atoms with Gasteiger partial charge in [0.1, 0.15) is 0 Å². The van der Waals surface area contributed by atoms with E-state index in [0.29, 0.717) is 0 Å². The van der Waals surface area contributed by atoms with Gasteiger partial charge in [0, 0.05) is 0 Å². The van der Waals surface area contributed by atoms with Crippen LogP contribution in [0.25, 0.3) is 0 Å². The van der Waals surface area contributed by atoms with Gasteiger partial charge >= 0.3 is 93.8 Å². The van der Waals surface area contributed by atoms with Crippen LogP contribution in [0.5, 0.6) is 0 Å². The van der Waals surface area contributed by atoms with Crippen molar-refractivity contribution in [1.29, 1.82) is 0 Å². The summed E-state index contributed by atoms with van der Waals surface area (Å²) in [5.41, 5.74) is 0. The van der Waals surface area contributed by atoms with E-state index in [1.54, 1.807) is 25.7 Å². The minimum absolute atomic E-state index is 0.728. The first kappa shape index (κ1) is 11.3. The molecule has 0 heterocycles. The molecule has 0 radical (unpaired) electrons. The number of rotatable bonds is 2. The predicted molar refractivity (Wildman–Crippen MR) is 65.4 cm³/mol. The number of hydrogen-bond donors (Lipinski definition) is 0. The molecule has 0 nitrogen and oxygen atoms in total. The Kier molecular flexibility index (Phi) is 6.78. The molecule has 0 bridgehead atoms. The van der Waals surface area contributed by atoms with Crippen LogP contribution in [0.4, 0.5) is 0 Å². The predicted octanol–water partition coefficient (Wildman–Crippen LogP) is 1.06. The van der Waals surface area contributed by atoms with E-state index in [2.05, 4.69) is 11.9 Å². The van der Waals surface area contributed by atoms with Crippen molar-refractivity contribution in [1.82, 2.24) is 0 Å². The number of hydrogen-bond acceptors (Lipinski definition) is 0. The summed E-state index contributed by atoms with van der Waals surface area (Å²) in [4.78, 5) is 2.48. The minimum atomic E-state index is 0.728. The van der Waals surface area contributed by atoms with Crippen LogP contribution >= 0.6 is 29.2 Å². The molecule has 0 saturated heterocycles. The summed E-state index contributed by atoms with van der Waals surface area (Å²) in [6.45, 7) is 2.43. The molecule has 1 aliphatic carbocycles. The van der Waals surface area contributed by atoms with E-state index < -0.39 is 0 Å². The van der Waals surface area contributed by atoms with E-state index in [1.807, 2.05) is 0 Å². The van der Waals surface area contributed by atoms with Crippen LogP contribution in [-0.4, -0.2) is 8.86 Å². The van der Waals surface area contributed by atoms with E-state index >= 15 is 0 Å². The van der Waals surface area contributed by atoms with Crippen molar-refractivity contribution in [3.63, 3.8) is 0 Å². The molecule has 0 aromatic carbocycles. The molecule has 70 valence electrons. The van der Waals surface area contributed by atoms with Crippen molar-refractivity contribution < 1.29 is 17.2 Å². The van der Waals surface area contributed by atoms with E-state index in [4.69, 9.17) is 0 Å². The monoisotopic (exact) mass is 493 g/mol. The average Bonchev–Trinajstić information content (AvgIpc) is 2.04. The molecule has 0 aromatic heterocycles. The van der Waals surface area contributed by atoms with Crippen molar-refractivity contribution in [2.24, 2.45) is 5.92 Å². The first-order valence-electron chi connectivity index (χ1n) is 4.09. The Morgan fingerprint density at radius 1 is 1.18 bits per heavy atom. The van der Waals surface area contributed by atoms with Gasteiger partial charge in [-0.3, -0.25) is 0 Å². The summed E-state index contributed by atoms with van der Waals surface area (Å²) in [7, 11) is 0. The van der Waals surface area contributed by atoms with Crippen LogP contribution < -0.4 is 17.2 Å². The summed E-state index contributed by atoms with van der Waals surface area (Å²) in [6, 6.07) is 0. The van der Waals surface area contributed by atoms with Gasteiger partial charge in [-0.15, -0.1) is 0 Å². The summed E-state index contributed by atoms with van der Waals surface area (Å²) < 4.78 is 1.28. The third-order valence-corrected chi connectivity index (χ3v) is 34.1. The zero-order valence-corrected chi connectivity index (χ0v) is 13.6. The first-order valence-corrected chi connectivity index (χ1v) is 20.1. The Hall–Kier alpha value is 2.19. The molecule has 0 unspecified atom stereocenters. The van der Waals surface area contributed by atoms with Gasteiger partial charge in [0.05, 0.1) is 0 Å². The van der Waals surface area contributed by atoms with Gasteiger partial charge in [-0.1, -0.05) is 0 Å². The molecule has 1 saturated carbocycles. The van der Waals surface area contributed by atoms with Crippen LogP contribution in [0.1, 0.15) is 32.6 Å². The second-order valence-electron chi connectivity index (χ2n) is 3.14. The first-order chi connectivity index (χ1) is 5.33. The quantitative estimate of drug-likeness (QED) is 0.399. The summed E-state index contributed by atoms with van der Waals surface area (Å²) in [5, 5.41) is 0. The van der Waals surface area contributed by atoms with Crippen LogP contribution in [0, 0.1) is 5.92 Å². The zero-order chi connectivity index (χ0) is 8.10. The van der Waals surface area contributed by atoms with Crippen molar-refractivity contribution in [3.8, 4) is 0 Å². The van der Waals surface area contributed by atoms with Gasteiger partial charge in [-0.05, 0) is 0 Å². The average molecular weight is 493 g/mol. The molecule has 1 rings (SSSR count). The fraction of sp³-hybridized carbons (Fsp3) is 1.00. The van der Waals surface area contributed by atoms with Crippen LogP contribution in [0.2, 0.25) is 0 Å². The number of alkyl halides is 2. The topological polar surface area (TPSA) is 0 Å². The van der Waals surface area contributed by atoms with Crippen molar-refractivity contribution in [2.45, 2.75) is 36.5 Å². The molecular formula is C8H16I3-. The molecule has 0 aromatic rings. The third kappa shape index (κ3) is 4.83. The second-order valence-corrected chi connectivity index (χ2v) is 31.1. The zero-order valence-electron chi connectivity index (χ0n) is 7.12. The standard InChI is InChI=1S/C8H16I3/c1-7-3-5-8(6-4-7)10-11-9-2/h7-8H,3-6H2,1-2H3/q-1. The maximum atomic E-state index is 2.48. The molecule has 0 aliphatic heterocycles. The van der Waals surface area contributed by atoms with Crippen LogP contribution in [-0.2, 0) is 0 Å². The summed E-state index contributed by atoms with van der Waals surface area (Å²) in [6.07, 6.45) is 6.32. The Labute approximate surface area is 92.2 Å². The van der Waals surface area contributed by atoms with Gasteiger partial charge in [0.25, 0.3) is 0 Å². The van der Waals surface area contributed by atoms with Gasteiger partial charge in [-0.25, -0.2) is 0 Å². The van der Waals surface area contributed by atoms with E-state index in [1.165, 1.54) is 3.92 Å². The van der Waals surface area contributed by atoms with Gasteiger partial charge in [-0.2, -0.15) is 0 Å². The Morgan fingerprint density at radius 2 is 1.82 bits per heavy atom. The van der Waals surface area contributed by atoms with Crippen molar-refractivity contribution in [2.75, 3.05) is 4.93 Å². The molecule has 0 atom stereocenters. The molecule has 3 heteroatoms. The van der Waals surface area contributed by atoms with Crippen LogP contribution in [0.3, 0.4) is 0 Å². The molecule has 1 fully saturated rings. The normalized spacial score (nSPS) is 34.7. The molecule has 0 N–H and O–H groups in total. The van der Waals surface area contributed by atoms with Gasteiger partial charge in [0.15, 0.2) is 0 Å². The van der Waals surface area contributed by atoms with Gasteiger partial charge < -0.3 is 0 Å². The second kappa shape index (κ2) is 6.62. The summed E-state index contributed by atoms with van der Waals surface area (Å²) >= 11 is 2.28. The van der Waals surface area contributed by atoms with E-state index in [9.17, 15) is 0 Å². The maximum absolute atomic E-state index is 2.48.